The lowest BCUT2D eigenvalue weighted by atomic mass is 9.90. The summed E-state index contributed by atoms with van der Waals surface area (Å²) >= 11 is 5.76. The van der Waals surface area contributed by atoms with Gasteiger partial charge >= 0.3 is 23.9 Å². The first kappa shape index (κ1) is 73.0. The highest BCUT2D eigenvalue weighted by Crippen LogP contribution is 2.50. The van der Waals surface area contributed by atoms with Gasteiger partial charge in [0.15, 0.2) is 6.07 Å². The topological polar surface area (TPSA) is 153 Å². The van der Waals surface area contributed by atoms with E-state index in [9.17, 15) is 24.3 Å². The number of benzene rings is 4. The van der Waals surface area contributed by atoms with Crippen LogP contribution in [0.2, 0.25) is 0 Å². The lowest BCUT2D eigenvalue weighted by Gasteiger charge is -2.21. The molecule has 0 unspecified atom stereocenters. The minimum absolute atomic E-state index is 0.00263. The van der Waals surface area contributed by atoms with Crippen LogP contribution in [-0.4, -0.2) is 59.8 Å². The first-order valence-corrected chi connectivity index (χ1v) is 33.3. The van der Waals surface area contributed by atoms with E-state index in [1.807, 2.05) is 6.07 Å². The molecule has 4 aliphatic carbocycles. The molecule has 0 saturated heterocycles. The molecular formula is C75H109ClO12. The monoisotopic (exact) mass is 1240 g/mol. The maximum Gasteiger partial charge on any atom is 0.309 e. The van der Waals surface area contributed by atoms with Crippen LogP contribution in [0.3, 0.4) is 0 Å². The Morgan fingerprint density at radius 3 is 0.920 bits per heavy atom. The maximum atomic E-state index is 11.9. The van der Waals surface area contributed by atoms with Crippen LogP contribution in [0.4, 0.5) is 0 Å². The Balaban J connectivity index is 0.000000221. The number of phenolic OH excluding ortho intramolecular Hbond substituents is 1. The molecule has 4 saturated carbocycles. The highest BCUT2D eigenvalue weighted by Gasteiger charge is 2.35. The van der Waals surface area contributed by atoms with Gasteiger partial charge in [-0.25, -0.2) is 0 Å². The summed E-state index contributed by atoms with van der Waals surface area (Å²) in [7, 11) is 0. The second kappa shape index (κ2) is 33.9. The van der Waals surface area contributed by atoms with E-state index < -0.39 is 35.1 Å². The molecule has 0 spiro atoms. The Morgan fingerprint density at radius 1 is 0.398 bits per heavy atom. The van der Waals surface area contributed by atoms with Crippen molar-refractivity contribution in [2.45, 2.75) is 260 Å². The predicted octanol–water partition coefficient (Wildman–Crippen LogP) is 19.6. The summed E-state index contributed by atoms with van der Waals surface area (Å²) in [6.07, 6.45) is 10.4. The third kappa shape index (κ3) is 23.9. The minimum Gasteiger partial charge on any atom is -0.507 e. The molecule has 4 aromatic rings. The van der Waals surface area contributed by atoms with Crippen molar-refractivity contribution < 1.29 is 57.4 Å². The van der Waals surface area contributed by atoms with Crippen LogP contribution in [0, 0.1) is 23.7 Å². The van der Waals surface area contributed by atoms with E-state index in [0.29, 0.717) is 64.9 Å². The van der Waals surface area contributed by atoms with E-state index in [0.717, 1.165) is 51.3 Å². The number of hydrogen-bond acceptors (Lipinski definition) is 12. The van der Waals surface area contributed by atoms with Crippen molar-refractivity contribution >= 4 is 35.5 Å². The molecule has 13 heteroatoms. The average molecular weight is 1240 g/mol. The molecule has 0 heterocycles. The third-order valence-electron chi connectivity index (χ3n) is 17.0. The fourth-order valence-corrected chi connectivity index (χ4v) is 11.3. The van der Waals surface area contributed by atoms with E-state index in [1.165, 1.54) is 73.6 Å². The second-order valence-electron chi connectivity index (χ2n) is 28.2. The van der Waals surface area contributed by atoms with Crippen molar-refractivity contribution in [3.63, 3.8) is 0 Å². The predicted molar refractivity (Wildman–Crippen MR) is 353 cm³/mol. The van der Waals surface area contributed by atoms with Gasteiger partial charge in [-0.2, -0.15) is 0 Å². The quantitative estimate of drug-likeness (QED) is 0.0276. The second-order valence-corrected chi connectivity index (χ2v) is 28.4. The number of halogens is 1. The van der Waals surface area contributed by atoms with E-state index in [1.54, 1.807) is 41.5 Å². The van der Waals surface area contributed by atoms with Gasteiger partial charge in [0.25, 0.3) is 0 Å². The lowest BCUT2D eigenvalue weighted by molar-refractivity contribution is -0.160. The van der Waals surface area contributed by atoms with E-state index in [2.05, 4.69) is 150 Å². The average Bonchev–Trinajstić information content (AvgIpc) is 3.06. The number of carbonyl (C=O) groups excluding carboxylic acids is 4. The highest BCUT2D eigenvalue weighted by molar-refractivity contribution is 6.17. The zero-order valence-corrected chi connectivity index (χ0v) is 57.5. The van der Waals surface area contributed by atoms with Crippen LogP contribution in [0.15, 0.2) is 72.8 Å². The number of esters is 4. The molecule has 0 aliphatic heterocycles. The van der Waals surface area contributed by atoms with Gasteiger partial charge in [-0.3, -0.25) is 19.2 Å². The van der Waals surface area contributed by atoms with Crippen LogP contribution in [0.5, 0.6) is 23.0 Å². The highest BCUT2D eigenvalue weighted by atomic mass is 35.5. The maximum absolute atomic E-state index is 11.9. The van der Waals surface area contributed by atoms with Gasteiger partial charge in [0.05, 0.1) is 25.7 Å². The summed E-state index contributed by atoms with van der Waals surface area (Å²) in [6, 6.07) is 25.4. The van der Waals surface area contributed by atoms with Crippen LogP contribution >= 0.6 is 11.6 Å². The van der Waals surface area contributed by atoms with Gasteiger partial charge in [-0.15, -0.1) is 0 Å². The Morgan fingerprint density at radius 2 is 0.648 bits per heavy atom. The molecule has 88 heavy (non-hydrogen) atoms. The van der Waals surface area contributed by atoms with Gasteiger partial charge < -0.3 is 38.3 Å². The number of carbonyl (C=O) groups is 4. The third-order valence-corrected chi connectivity index (χ3v) is 17.2. The van der Waals surface area contributed by atoms with Crippen molar-refractivity contribution in [2.75, 3.05) is 19.7 Å². The molecule has 8 rings (SSSR count). The van der Waals surface area contributed by atoms with Gasteiger partial charge in [0.1, 0.15) is 34.2 Å². The van der Waals surface area contributed by atoms with Crippen LogP contribution in [0.25, 0.3) is 0 Å². The molecule has 1 N–H and O–H groups in total. The summed E-state index contributed by atoms with van der Waals surface area (Å²) in [4.78, 5) is 47.3. The fourth-order valence-electron chi connectivity index (χ4n) is 11.2. The van der Waals surface area contributed by atoms with E-state index in [-0.39, 0.29) is 45.3 Å². The van der Waals surface area contributed by atoms with Crippen LogP contribution in [-0.2, 0) is 38.1 Å². The molecular weight excluding hydrogens is 1130 g/mol. The molecule has 0 aromatic heterocycles. The fraction of sp³-hybridized carbons (Fsp3) is 0.627. The SMILES string of the molecule is CC(C)c1cccc([C@H](C)C2CC2)c1O.CC(C)c1cccc([C@H](C)C2CC2)c1OCCl.CC(C)c1cccc([C@H](C)C2CC2)c1OCOC(=O)CCC(=O)OC(C)(C)C.CC(C)c1cccc([C@H](C)C2CC2)c1OCOC(=O)CCC(=O)OC(C)(C)C. The van der Waals surface area contributed by atoms with Gasteiger partial charge in [-0.1, -0.05) is 167 Å². The van der Waals surface area contributed by atoms with Crippen molar-refractivity contribution in [3.8, 4) is 23.0 Å². The molecule has 0 bridgehead atoms. The molecule has 4 aromatic carbocycles. The number of rotatable bonds is 26. The van der Waals surface area contributed by atoms with E-state index in [4.69, 9.17) is 44.8 Å². The lowest BCUT2D eigenvalue weighted by Crippen LogP contribution is -2.24. The molecule has 0 radical (unpaired) electrons. The number of phenols is 1. The molecule has 4 aliphatic rings. The number of aromatic hydroxyl groups is 1. The summed E-state index contributed by atoms with van der Waals surface area (Å²) in [5.74, 6) is 7.99. The molecule has 4 atom stereocenters. The summed E-state index contributed by atoms with van der Waals surface area (Å²) in [5.41, 5.74) is 8.32. The zero-order valence-electron chi connectivity index (χ0n) is 56.8. The van der Waals surface area contributed by atoms with Gasteiger partial charge in [0.2, 0.25) is 13.6 Å². The first-order chi connectivity index (χ1) is 41.4. The Labute approximate surface area is 534 Å². The van der Waals surface area contributed by atoms with Crippen molar-refractivity contribution in [2.24, 2.45) is 23.7 Å². The zero-order chi connectivity index (χ0) is 65.2. The standard InChI is InChI=1S/2C23H34O5.C15H21ClO.C14H20O/c2*1-15(2)18-8-7-9-19(16(3)17-10-11-17)22(18)27-14-26-20(24)12-13-21(25)28-23(4,5)6;1-10(2)13-5-4-6-14(15(13)17-9-16)11(3)12-7-8-12;1-9(2)12-5-4-6-13(14(12)15)10(3)11-7-8-11/h2*7-9,15-17H,10-14H2,1-6H3;4-6,10-12H,7-9H2,1-3H3;4-6,9-11,15H,7-8H2,1-3H3/t2*16-;11-;10-/m1111/s1. The summed E-state index contributed by atoms with van der Waals surface area (Å²) < 4.78 is 38.3. The number of hydrogen-bond donors (Lipinski definition) is 1. The smallest absolute Gasteiger partial charge is 0.309 e. The largest absolute Gasteiger partial charge is 0.507 e. The Hall–Kier alpha value is -5.75. The normalized spacial score (nSPS) is 16.1. The van der Waals surface area contributed by atoms with Gasteiger partial charge in [-0.05, 0) is 208 Å². The van der Waals surface area contributed by atoms with Gasteiger partial charge in [0, 0.05) is 0 Å². The molecule has 4 fully saturated rings. The molecule has 488 valence electrons. The van der Waals surface area contributed by atoms with Crippen molar-refractivity contribution in [3.05, 3.63) is 117 Å². The Kier molecular flexibility index (Phi) is 28.1. The van der Waals surface area contributed by atoms with Crippen LogP contribution < -0.4 is 14.2 Å². The molecule has 12 nitrogen and oxygen atoms in total. The number of alkyl halides is 1. The number of para-hydroxylation sites is 4. The van der Waals surface area contributed by atoms with Crippen molar-refractivity contribution in [1.82, 2.24) is 0 Å². The Bertz CT molecular complexity index is 2740. The molecule has 0 amide bonds. The minimum atomic E-state index is -0.556. The summed E-state index contributed by atoms with van der Waals surface area (Å²) in [6.45, 7) is 36.6. The number of ether oxygens (including phenoxy) is 7. The summed E-state index contributed by atoms with van der Waals surface area (Å²) in [5, 5.41) is 10.2. The van der Waals surface area contributed by atoms with Crippen LogP contribution in [0.1, 0.15) is 294 Å². The first-order valence-electron chi connectivity index (χ1n) is 32.8. The van der Waals surface area contributed by atoms with Crippen molar-refractivity contribution in [1.29, 1.82) is 0 Å². The van der Waals surface area contributed by atoms with E-state index >= 15 is 0 Å².